The molecule has 3 atom stereocenters. The third-order valence-electron chi connectivity index (χ3n) is 8.30. The second-order valence-corrected chi connectivity index (χ2v) is 11.5. The van der Waals surface area contributed by atoms with E-state index >= 15 is 0 Å². The molecule has 0 bridgehead atoms. The summed E-state index contributed by atoms with van der Waals surface area (Å²) in [5, 5.41) is 0. The normalized spacial score (nSPS) is 14.4. The molecule has 3 unspecified atom stereocenters. The van der Waals surface area contributed by atoms with E-state index in [0.29, 0.717) is 25.7 Å². The average molecular weight is 649 g/mol. The summed E-state index contributed by atoms with van der Waals surface area (Å²) in [6, 6.07) is 0. The number of rotatable bonds is 31. The van der Waals surface area contributed by atoms with Crippen LogP contribution in [0.2, 0.25) is 0 Å². The number of allylic oxidation sites excluding steroid dienone is 2. The maximum atomic E-state index is 6.16. The first-order valence-corrected chi connectivity index (χ1v) is 18.1. The fourth-order valence-corrected chi connectivity index (χ4v) is 6.01. The van der Waals surface area contributed by atoms with Gasteiger partial charge in [0, 0.05) is 67.9 Å². The van der Waals surface area contributed by atoms with Gasteiger partial charge in [-0.1, -0.05) is 96.6 Å². The van der Waals surface area contributed by atoms with Gasteiger partial charge in [0.25, 0.3) is 5.97 Å². The van der Waals surface area contributed by atoms with Gasteiger partial charge in [0.05, 0.1) is 0 Å². The van der Waals surface area contributed by atoms with Crippen LogP contribution in [0.15, 0.2) is 12.2 Å². The van der Waals surface area contributed by atoms with Crippen molar-refractivity contribution in [1.82, 2.24) is 0 Å². The Balaban J connectivity index is 0. The number of hydrogen-bond acceptors (Lipinski definition) is 8. The molecule has 0 radical (unpaired) electrons. The Morgan fingerprint density at radius 2 is 1.00 bits per heavy atom. The minimum atomic E-state index is -1.09. The van der Waals surface area contributed by atoms with Gasteiger partial charge >= 0.3 is 5.97 Å². The zero-order valence-corrected chi connectivity index (χ0v) is 31.6. The molecule has 0 N–H and O–H groups in total. The van der Waals surface area contributed by atoms with Crippen LogP contribution in [0.5, 0.6) is 0 Å². The Morgan fingerprint density at radius 1 is 0.533 bits per heavy atom. The summed E-state index contributed by atoms with van der Waals surface area (Å²) in [4.78, 5) is 0. The van der Waals surface area contributed by atoms with Gasteiger partial charge in [0.2, 0.25) is 0 Å². The molecular formula is C37H76O8. The Bertz CT molecular complexity index is 600. The lowest BCUT2D eigenvalue weighted by atomic mass is 9.82. The van der Waals surface area contributed by atoms with Gasteiger partial charge in [0.15, 0.2) is 0 Å². The lowest BCUT2D eigenvalue weighted by Crippen LogP contribution is -2.49. The van der Waals surface area contributed by atoms with Crippen molar-refractivity contribution in [3.63, 3.8) is 0 Å². The molecule has 0 spiro atoms. The van der Waals surface area contributed by atoms with Gasteiger partial charge in [-0.25, -0.2) is 0 Å². The average Bonchev–Trinajstić information content (AvgIpc) is 3.05. The molecule has 272 valence electrons. The summed E-state index contributed by atoms with van der Waals surface area (Å²) in [7, 11) is 8.13. The molecule has 0 aromatic carbocycles. The minimum Gasteiger partial charge on any atom is -0.385 e. The quantitative estimate of drug-likeness (QED) is 0.0418. The molecule has 0 aliphatic rings. The fraction of sp³-hybridized carbons (Fsp3) is 0.946. The van der Waals surface area contributed by atoms with Crippen LogP contribution in [-0.2, 0) is 37.9 Å². The van der Waals surface area contributed by atoms with Gasteiger partial charge in [-0.2, -0.15) is 0 Å². The van der Waals surface area contributed by atoms with Crippen LogP contribution in [0, 0.1) is 11.8 Å². The summed E-state index contributed by atoms with van der Waals surface area (Å²) in [6.07, 6.45) is 22.2. The van der Waals surface area contributed by atoms with Gasteiger partial charge in [0.1, 0.15) is 6.10 Å². The molecule has 0 heterocycles. The van der Waals surface area contributed by atoms with Crippen molar-refractivity contribution in [3.8, 4) is 0 Å². The van der Waals surface area contributed by atoms with Crippen molar-refractivity contribution in [2.45, 2.75) is 156 Å². The number of ether oxygens (including phenoxy) is 8. The summed E-state index contributed by atoms with van der Waals surface area (Å²) >= 11 is 0. The summed E-state index contributed by atoms with van der Waals surface area (Å²) < 4.78 is 45.2. The van der Waals surface area contributed by atoms with Crippen LogP contribution in [0.1, 0.15) is 138 Å². The first kappa shape index (κ1) is 46.5. The van der Waals surface area contributed by atoms with Crippen LogP contribution in [0.4, 0.5) is 0 Å². The van der Waals surface area contributed by atoms with E-state index in [0.717, 1.165) is 38.7 Å². The second kappa shape index (κ2) is 32.0. The molecule has 0 fully saturated rings. The lowest BCUT2D eigenvalue weighted by molar-refractivity contribution is -0.407. The van der Waals surface area contributed by atoms with Crippen LogP contribution >= 0.6 is 0 Å². The molecule has 0 aliphatic heterocycles. The lowest BCUT2D eigenvalue weighted by Gasteiger charge is -2.42. The smallest absolute Gasteiger partial charge is 0.310 e. The zero-order valence-electron chi connectivity index (χ0n) is 31.6. The molecule has 8 heteroatoms. The highest BCUT2D eigenvalue weighted by Gasteiger charge is 2.45. The molecule has 0 aliphatic carbocycles. The van der Waals surface area contributed by atoms with E-state index in [1.165, 1.54) is 64.2 Å². The van der Waals surface area contributed by atoms with Crippen molar-refractivity contribution in [1.29, 1.82) is 0 Å². The Labute approximate surface area is 279 Å². The largest absolute Gasteiger partial charge is 0.385 e. The first-order valence-electron chi connectivity index (χ1n) is 18.1. The highest BCUT2D eigenvalue weighted by atomic mass is 16.9. The summed E-state index contributed by atoms with van der Waals surface area (Å²) in [5.74, 6) is -1.54. The monoisotopic (exact) mass is 649 g/mol. The molecule has 0 aromatic rings. The van der Waals surface area contributed by atoms with Gasteiger partial charge < -0.3 is 37.9 Å². The number of methoxy groups -OCH3 is 5. The van der Waals surface area contributed by atoms with E-state index in [2.05, 4.69) is 32.9 Å². The Hall–Kier alpha value is -0.580. The minimum absolute atomic E-state index is 0.148. The van der Waals surface area contributed by atoms with E-state index < -0.39 is 11.9 Å². The molecular weight excluding hydrogens is 572 g/mol. The van der Waals surface area contributed by atoms with E-state index in [1.807, 2.05) is 20.8 Å². The number of unbranched alkanes of at least 4 members (excludes halogenated alkanes) is 9. The number of hydrogen-bond donors (Lipinski definition) is 0. The summed E-state index contributed by atoms with van der Waals surface area (Å²) in [6.45, 7) is 15.1. The highest BCUT2D eigenvalue weighted by molar-refractivity contribution is 4.93. The highest BCUT2D eigenvalue weighted by Crippen LogP contribution is 2.38. The van der Waals surface area contributed by atoms with E-state index in [9.17, 15) is 0 Å². The van der Waals surface area contributed by atoms with E-state index in [4.69, 9.17) is 37.9 Å². The van der Waals surface area contributed by atoms with Gasteiger partial charge in [-0.15, -0.1) is 0 Å². The predicted molar refractivity (Wildman–Crippen MR) is 186 cm³/mol. The van der Waals surface area contributed by atoms with Gasteiger partial charge in [-0.3, -0.25) is 0 Å². The van der Waals surface area contributed by atoms with Crippen molar-refractivity contribution < 1.29 is 37.9 Å². The molecule has 0 amide bonds. The third kappa shape index (κ3) is 19.7. The SMILES string of the molecule is CC=CC(CCCCCCC)C(CCCOC)C(OCC)(OCC)OCC.CCCCCCCCC(OC)C(OC)(OC)OC. The second-order valence-electron chi connectivity index (χ2n) is 11.5. The zero-order chi connectivity index (χ0) is 34.2. The van der Waals surface area contributed by atoms with Crippen molar-refractivity contribution in [2.75, 3.05) is 62.0 Å². The Morgan fingerprint density at radius 3 is 1.40 bits per heavy atom. The van der Waals surface area contributed by atoms with Crippen molar-refractivity contribution in [3.05, 3.63) is 12.2 Å². The predicted octanol–water partition coefficient (Wildman–Crippen LogP) is 9.69. The standard InChI is InChI=1S/C23H46O4.C14H30O4/c1-7-12-13-14-15-18-21(17-8-2)22(19-16-20-24-6)23(25-9-3,26-10-4)27-11-5;1-6-7-8-9-10-11-12-13(15-2)14(16-3,17-4)18-5/h8,17,21-22H,7,9-16,18-20H2,1-6H3;13H,6-12H2,1-5H3. The van der Waals surface area contributed by atoms with E-state index in [1.54, 1.807) is 35.5 Å². The molecule has 45 heavy (non-hydrogen) atoms. The van der Waals surface area contributed by atoms with E-state index in [-0.39, 0.29) is 12.0 Å². The Kier molecular flexibility index (Phi) is 33.1. The molecule has 8 nitrogen and oxygen atoms in total. The first-order chi connectivity index (χ1) is 21.9. The maximum absolute atomic E-state index is 6.16. The fourth-order valence-electron chi connectivity index (χ4n) is 6.01. The van der Waals surface area contributed by atoms with Crippen molar-refractivity contribution >= 4 is 0 Å². The molecule has 0 saturated carbocycles. The topological polar surface area (TPSA) is 73.8 Å². The van der Waals surface area contributed by atoms with Crippen LogP contribution in [0.3, 0.4) is 0 Å². The summed E-state index contributed by atoms with van der Waals surface area (Å²) in [5.41, 5.74) is 0. The van der Waals surface area contributed by atoms with Crippen molar-refractivity contribution in [2.24, 2.45) is 11.8 Å². The van der Waals surface area contributed by atoms with Crippen LogP contribution in [-0.4, -0.2) is 80.0 Å². The van der Waals surface area contributed by atoms with Crippen LogP contribution in [0.25, 0.3) is 0 Å². The third-order valence-corrected chi connectivity index (χ3v) is 8.30. The molecule has 0 saturated heterocycles. The maximum Gasteiger partial charge on any atom is 0.310 e. The molecule has 0 aromatic heterocycles. The molecule has 0 rings (SSSR count). The van der Waals surface area contributed by atoms with Crippen LogP contribution < -0.4 is 0 Å². The van der Waals surface area contributed by atoms with Gasteiger partial charge in [-0.05, 0) is 59.3 Å².